The Morgan fingerprint density at radius 2 is 1.79 bits per heavy atom. The normalized spacial score (nSPS) is 12.2. The van der Waals surface area contributed by atoms with Crippen LogP contribution in [0.4, 0.5) is 15.8 Å². The van der Waals surface area contributed by atoms with Crippen molar-refractivity contribution in [1.82, 2.24) is 9.97 Å². The second kappa shape index (κ2) is 9.25. The van der Waals surface area contributed by atoms with Crippen LogP contribution >= 0.6 is 11.6 Å². The molecule has 0 saturated carbocycles. The van der Waals surface area contributed by atoms with Gasteiger partial charge in [-0.3, -0.25) is 9.71 Å². The lowest BCUT2D eigenvalue weighted by Crippen LogP contribution is -2.10. The van der Waals surface area contributed by atoms with Gasteiger partial charge in [0.15, 0.2) is 5.15 Å². The number of sulfonamides is 1. The Bertz CT molecular complexity index is 1540. The molecule has 0 aliphatic carbocycles. The molecule has 1 atom stereocenters. The van der Waals surface area contributed by atoms with Crippen molar-refractivity contribution in [2.24, 2.45) is 0 Å². The highest BCUT2D eigenvalue weighted by Gasteiger charge is 2.15. The molecule has 4 rings (SSSR count). The minimum absolute atomic E-state index is 0.0267. The van der Waals surface area contributed by atoms with Gasteiger partial charge in [0.2, 0.25) is 10.0 Å². The number of hydrogen-bond donors (Lipinski definition) is 2. The molecule has 10 heteroatoms. The van der Waals surface area contributed by atoms with Crippen LogP contribution in [0.5, 0.6) is 0 Å². The number of hydrogen-bond acceptors (Lipinski definition) is 6. The average Bonchev–Trinajstić information content (AvgIpc) is 2.80. The molecule has 0 spiro atoms. The summed E-state index contributed by atoms with van der Waals surface area (Å²) < 4.78 is 39.0. The quantitative estimate of drug-likeness (QED) is 0.342. The molecule has 172 valence electrons. The minimum Gasteiger partial charge on any atom is -0.377 e. The Balaban J connectivity index is 1.80. The molecule has 0 aliphatic rings. The summed E-state index contributed by atoms with van der Waals surface area (Å²) in [4.78, 5) is 8.47. The number of nitriles is 1. The fraction of sp³-hybridized carbons (Fsp3) is 0.125. The SMILES string of the molecule is C[C@H](Nc1c(C#N)cnc2ccc(-c3cnc(Cl)c(NS(C)(=O)=O)c3)cc12)c1ccc(F)cc1. The van der Waals surface area contributed by atoms with E-state index in [0.717, 1.165) is 17.4 Å². The molecule has 0 radical (unpaired) electrons. The van der Waals surface area contributed by atoms with Gasteiger partial charge in [0, 0.05) is 29.4 Å². The predicted octanol–water partition coefficient (Wildman–Crippen LogP) is 5.51. The van der Waals surface area contributed by atoms with Crippen LogP contribution in [0.1, 0.15) is 24.1 Å². The molecule has 0 fully saturated rings. The van der Waals surface area contributed by atoms with Crippen LogP contribution in [0.15, 0.2) is 60.9 Å². The summed E-state index contributed by atoms with van der Waals surface area (Å²) in [7, 11) is -3.55. The molecule has 0 aliphatic heterocycles. The van der Waals surface area contributed by atoms with E-state index in [9.17, 15) is 18.1 Å². The highest BCUT2D eigenvalue weighted by molar-refractivity contribution is 7.92. The fourth-order valence-electron chi connectivity index (χ4n) is 3.54. The van der Waals surface area contributed by atoms with Crippen LogP contribution in [0.25, 0.3) is 22.0 Å². The van der Waals surface area contributed by atoms with Crippen molar-refractivity contribution in [1.29, 1.82) is 5.26 Å². The third-order valence-electron chi connectivity index (χ3n) is 5.19. The smallest absolute Gasteiger partial charge is 0.229 e. The van der Waals surface area contributed by atoms with Crippen molar-refractivity contribution in [3.63, 3.8) is 0 Å². The highest BCUT2D eigenvalue weighted by atomic mass is 35.5. The molecule has 4 aromatic rings. The summed E-state index contributed by atoms with van der Waals surface area (Å²) in [6, 6.07) is 15.1. The van der Waals surface area contributed by atoms with Crippen molar-refractivity contribution in [2.75, 3.05) is 16.3 Å². The lowest BCUT2D eigenvalue weighted by atomic mass is 10.0. The Kier molecular flexibility index (Phi) is 6.37. The fourth-order valence-corrected chi connectivity index (χ4v) is 4.30. The van der Waals surface area contributed by atoms with E-state index in [1.165, 1.54) is 24.5 Å². The van der Waals surface area contributed by atoms with E-state index in [4.69, 9.17) is 11.6 Å². The second-order valence-corrected chi connectivity index (χ2v) is 9.85. The lowest BCUT2D eigenvalue weighted by molar-refractivity contribution is 0.606. The molecule has 0 unspecified atom stereocenters. The van der Waals surface area contributed by atoms with Crippen molar-refractivity contribution >= 4 is 43.9 Å². The molecule has 2 heterocycles. The van der Waals surface area contributed by atoms with Crippen molar-refractivity contribution in [3.8, 4) is 17.2 Å². The van der Waals surface area contributed by atoms with E-state index in [-0.39, 0.29) is 22.7 Å². The van der Waals surface area contributed by atoms with E-state index < -0.39 is 10.0 Å². The summed E-state index contributed by atoms with van der Waals surface area (Å²) in [5.74, 6) is -0.325. The van der Waals surface area contributed by atoms with Crippen LogP contribution in [0.2, 0.25) is 5.15 Å². The van der Waals surface area contributed by atoms with Crippen molar-refractivity contribution in [2.45, 2.75) is 13.0 Å². The van der Waals surface area contributed by atoms with Crippen LogP contribution in [-0.2, 0) is 10.0 Å². The van der Waals surface area contributed by atoms with Crippen molar-refractivity contribution in [3.05, 3.63) is 83.0 Å². The maximum atomic E-state index is 13.3. The number of pyridine rings is 2. The molecule has 34 heavy (non-hydrogen) atoms. The zero-order valence-corrected chi connectivity index (χ0v) is 19.7. The number of nitrogens with zero attached hydrogens (tertiary/aromatic N) is 3. The first-order valence-electron chi connectivity index (χ1n) is 10.1. The number of anilines is 2. The molecule has 2 aromatic carbocycles. The van der Waals surface area contributed by atoms with Gasteiger partial charge in [-0.2, -0.15) is 5.26 Å². The number of nitrogens with one attached hydrogen (secondary N) is 2. The Morgan fingerprint density at radius 1 is 1.06 bits per heavy atom. The maximum absolute atomic E-state index is 13.3. The molecular weight excluding hydrogens is 477 g/mol. The summed E-state index contributed by atoms with van der Waals surface area (Å²) >= 11 is 6.06. The molecule has 0 saturated heterocycles. The van der Waals surface area contributed by atoms with Gasteiger partial charge in [-0.1, -0.05) is 29.8 Å². The summed E-state index contributed by atoms with van der Waals surface area (Å²) in [5.41, 5.74) is 3.96. The first kappa shape index (κ1) is 23.4. The zero-order chi connectivity index (χ0) is 24.5. The third-order valence-corrected chi connectivity index (χ3v) is 6.08. The van der Waals surface area contributed by atoms with Crippen LogP contribution in [0.3, 0.4) is 0 Å². The number of fused-ring (bicyclic) bond motifs is 1. The number of halogens is 2. The molecular formula is C24H19ClFN5O2S. The van der Waals surface area contributed by atoms with Gasteiger partial charge >= 0.3 is 0 Å². The third kappa shape index (κ3) is 5.09. The van der Waals surface area contributed by atoms with Gasteiger partial charge in [0.1, 0.15) is 11.9 Å². The second-order valence-electron chi connectivity index (χ2n) is 7.74. The first-order chi connectivity index (χ1) is 16.1. The predicted molar refractivity (Wildman–Crippen MR) is 132 cm³/mol. The van der Waals surface area contributed by atoms with Gasteiger partial charge in [0.25, 0.3) is 0 Å². The Morgan fingerprint density at radius 3 is 2.47 bits per heavy atom. The van der Waals surface area contributed by atoms with E-state index in [1.807, 2.05) is 19.1 Å². The molecule has 2 aromatic heterocycles. The Hall–Kier alpha value is -3.74. The lowest BCUT2D eigenvalue weighted by Gasteiger charge is -2.19. The van der Waals surface area contributed by atoms with Crippen LogP contribution < -0.4 is 10.0 Å². The minimum atomic E-state index is -3.55. The number of aromatic nitrogens is 2. The Labute approximate surface area is 201 Å². The molecule has 0 amide bonds. The van der Waals surface area contributed by atoms with Crippen molar-refractivity contribution < 1.29 is 12.8 Å². The van der Waals surface area contributed by atoms with Gasteiger partial charge in [-0.25, -0.2) is 17.8 Å². The number of benzene rings is 2. The molecule has 0 bridgehead atoms. The van der Waals surface area contributed by atoms with Gasteiger partial charge in [0.05, 0.1) is 28.7 Å². The zero-order valence-electron chi connectivity index (χ0n) is 18.2. The standard InChI is InChI=1S/C24H19ClFN5O2S/c1-14(15-3-6-19(26)7-4-15)30-23-18(11-27)13-28-21-8-5-16(9-20(21)23)17-10-22(24(25)29-12-17)31-34(2,32)33/h3-10,12-14,31H,1-2H3,(H,28,30)/t14-/m0/s1. The number of rotatable bonds is 6. The van der Waals surface area contributed by atoms with Gasteiger partial charge in [-0.05, 0) is 48.4 Å². The maximum Gasteiger partial charge on any atom is 0.229 e. The summed E-state index contributed by atoms with van der Waals surface area (Å²) in [5, 5.41) is 13.8. The van der Waals surface area contributed by atoms with E-state index in [0.29, 0.717) is 27.7 Å². The topological polar surface area (TPSA) is 108 Å². The van der Waals surface area contributed by atoms with Gasteiger partial charge in [-0.15, -0.1) is 0 Å². The van der Waals surface area contributed by atoms with E-state index >= 15 is 0 Å². The monoisotopic (exact) mass is 495 g/mol. The largest absolute Gasteiger partial charge is 0.377 e. The summed E-state index contributed by atoms with van der Waals surface area (Å²) in [6.07, 6.45) is 4.06. The van der Waals surface area contributed by atoms with Crippen LogP contribution in [0, 0.1) is 17.1 Å². The molecule has 2 N–H and O–H groups in total. The van der Waals surface area contributed by atoms with E-state index in [1.54, 1.807) is 24.3 Å². The first-order valence-corrected chi connectivity index (χ1v) is 12.4. The average molecular weight is 496 g/mol. The van der Waals surface area contributed by atoms with E-state index in [2.05, 4.69) is 26.1 Å². The van der Waals surface area contributed by atoms with Crippen LogP contribution in [-0.4, -0.2) is 24.6 Å². The summed E-state index contributed by atoms with van der Waals surface area (Å²) in [6.45, 7) is 1.91. The highest BCUT2D eigenvalue weighted by Crippen LogP contribution is 2.34. The van der Waals surface area contributed by atoms with Gasteiger partial charge < -0.3 is 5.32 Å². The molecule has 7 nitrogen and oxygen atoms in total.